The van der Waals surface area contributed by atoms with Crippen LogP contribution in [0.15, 0.2) is 22.5 Å². The van der Waals surface area contributed by atoms with Crippen LogP contribution in [0.4, 0.5) is 0 Å². The number of hydrogen-bond acceptors (Lipinski definition) is 3. The molecule has 1 aromatic heterocycles. The standard InChI is InChI=1S/C17H29N3OS.HI/c1-3-18-16(20-13-17(21)8-4-5-9-17)19-12-14(2)11-15-7-6-10-22-15;/h6-7,10,14,21H,3-5,8-9,11-13H2,1-2H3,(H2,18,19,20);1H. The Morgan fingerprint density at radius 2 is 2.13 bits per heavy atom. The van der Waals surface area contributed by atoms with E-state index < -0.39 is 5.60 Å². The molecule has 2 rings (SSSR count). The van der Waals surface area contributed by atoms with Crippen molar-refractivity contribution < 1.29 is 5.11 Å². The zero-order valence-corrected chi connectivity index (χ0v) is 17.3. The van der Waals surface area contributed by atoms with Gasteiger partial charge in [-0.2, -0.15) is 0 Å². The fraction of sp³-hybridized carbons (Fsp3) is 0.706. The summed E-state index contributed by atoms with van der Waals surface area (Å²) in [5.41, 5.74) is -0.578. The molecule has 3 N–H and O–H groups in total. The van der Waals surface area contributed by atoms with Gasteiger partial charge in [0.15, 0.2) is 5.96 Å². The first-order valence-electron chi connectivity index (χ1n) is 8.38. The molecule has 23 heavy (non-hydrogen) atoms. The van der Waals surface area contributed by atoms with E-state index in [9.17, 15) is 5.11 Å². The van der Waals surface area contributed by atoms with E-state index in [-0.39, 0.29) is 24.0 Å². The molecule has 1 aliphatic carbocycles. The lowest BCUT2D eigenvalue weighted by atomic mass is 10.0. The van der Waals surface area contributed by atoms with Gasteiger partial charge in [-0.3, -0.25) is 4.99 Å². The fourth-order valence-electron chi connectivity index (χ4n) is 2.87. The second kappa shape index (κ2) is 10.5. The average molecular weight is 451 g/mol. The van der Waals surface area contributed by atoms with E-state index in [0.29, 0.717) is 12.5 Å². The third kappa shape index (κ3) is 7.39. The van der Waals surface area contributed by atoms with Crippen LogP contribution in [0.3, 0.4) is 0 Å². The predicted octanol–water partition coefficient (Wildman–Crippen LogP) is 3.40. The molecule has 132 valence electrons. The molecule has 1 fully saturated rings. The molecular weight excluding hydrogens is 421 g/mol. The molecule has 0 spiro atoms. The normalized spacial score (nSPS) is 18.3. The van der Waals surface area contributed by atoms with E-state index in [1.807, 2.05) is 11.3 Å². The van der Waals surface area contributed by atoms with Crippen LogP contribution < -0.4 is 10.6 Å². The Labute approximate surface area is 161 Å². The summed E-state index contributed by atoms with van der Waals surface area (Å²) in [6, 6.07) is 4.30. The Hall–Kier alpha value is -0.340. The van der Waals surface area contributed by atoms with Gasteiger partial charge in [-0.15, -0.1) is 35.3 Å². The number of aliphatic imine (C=N–C) groups is 1. The first-order valence-corrected chi connectivity index (χ1v) is 9.26. The van der Waals surface area contributed by atoms with Gasteiger partial charge in [-0.05, 0) is 43.6 Å². The van der Waals surface area contributed by atoms with Crippen molar-refractivity contribution in [2.45, 2.75) is 51.6 Å². The highest BCUT2D eigenvalue weighted by atomic mass is 127. The van der Waals surface area contributed by atoms with Crippen molar-refractivity contribution in [3.63, 3.8) is 0 Å². The Bertz CT molecular complexity index is 458. The zero-order valence-electron chi connectivity index (χ0n) is 14.2. The lowest BCUT2D eigenvalue weighted by Crippen LogP contribution is -2.41. The number of aliphatic hydroxyl groups is 1. The molecule has 0 aromatic carbocycles. The van der Waals surface area contributed by atoms with Crippen molar-refractivity contribution in [2.75, 3.05) is 19.6 Å². The number of guanidine groups is 1. The number of halogens is 1. The molecular formula is C17H30IN3OS. The lowest BCUT2D eigenvalue weighted by molar-refractivity contribution is 0.0574. The van der Waals surface area contributed by atoms with Gasteiger partial charge in [0.1, 0.15) is 0 Å². The second-order valence-corrected chi connectivity index (χ2v) is 7.43. The van der Waals surface area contributed by atoms with Gasteiger partial charge in [0, 0.05) is 18.0 Å². The van der Waals surface area contributed by atoms with Gasteiger partial charge in [-0.25, -0.2) is 0 Å². The first kappa shape index (κ1) is 20.7. The van der Waals surface area contributed by atoms with Crippen LogP contribution in [0.25, 0.3) is 0 Å². The molecule has 0 saturated heterocycles. The highest BCUT2D eigenvalue weighted by Crippen LogP contribution is 2.29. The van der Waals surface area contributed by atoms with Crippen molar-refractivity contribution >= 4 is 41.3 Å². The number of thiophene rings is 1. The molecule has 1 saturated carbocycles. The van der Waals surface area contributed by atoms with E-state index in [0.717, 1.165) is 51.2 Å². The van der Waals surface area contributed by atoms with E-state index >= 15 is 0 Å². The summed E-state index contributed by atoms with van der Waals surface area (Å²) in [6.45, 7) is 6.55. The summed E-state index contributed by atoms with van der Waals surface area (Å²) in [4.78, 5) is 6.01. The molecule has 1 heterocycles. The Balaban J connectivity index is 0.00000264. The second-order valence-electron chi connectivity index (χ2n) is 6.40. The van der Waals surface area contributed by atoms with Gasteiger partial charge in [-0.1, -0.05) is 25.8 Å². The van der Waals surface area contributed by atoms with Gasteiger partial charge >= 0.3 is 0 Å². The van der Waals surface area contributed by atoms with Crippen LogP contribution in [0.5, 0.6) is 0 Å². The van der Waals surface area contributed by atoms with Crippen LogP contribution in [0.2, 0.25) is 0 Å². The maximum absolute atomic E-state index is 10.4. The Morgan fingerprint density at radius 1 is 1.39 bits per heavy atom. The van der Waals surface area contributed by atoms with Crippen LogP contribution in [0.1, 0.15) is 44.4 Å². The van der Waals surface area contributed by atoms with Gasteiger partial charge in [0.2, 0.25) is 0 Å². The minimum atomic E-state index is -0.578. The monoisotopic (exact) mass is 451 g/mol. The van der Waals surface area contributed by atoms with Crippen molar-refractivity contribution in [3.05, 3.63) is 22.4 Å². The topological polar surface area (TPSA) is 56.7 Å². The molecule has 0 bridgehead atoms. The van der Waals surface area contributed by atoms with Gasteiger partial charge in [0.25, 0.3) is 0 Å². The van der Waals surface area contributed by atoms with E-state index in [2.05, 4.69) is 47.0 Å². The summed E-state index contributed by atoms with van der Waals surface area (Å²) >= 11 is 1.82. The summed E-state index contributed by atoms with van der Waals surface area (Å²) in [6.07, 6.45) is 5.09. The van der Waals surface area contributed by atoms with Crippen molar-refractivity contribution in [3.8, 4) is 0 Å². The van der Waals surface area contributed by atoms with Crippen LogP contribution in [-0.2, 0) is 6.42 Å². The average Bonchev–Trinajstić information content (AvgIpc) is 3.14. The largest absolute Gasteiger partial charge is 0.388 e. The molecule has 4 nitrogen and oxygen atoms in total. The molecule has 0 amide bonds. The fourth-order valence-corrected chi connectivity index (χ4v) is 3.74. The quantitative estimate of drug-likeness (QED) is 0.339. The third-order valence-corrected chi connectivity index (χ3v) is 5.06. The first-order chi connectivity index (χ1) is 10.6. The minimum Gasteiger partial charge on any atom is -0.388 e. The Kier molecular flexibility index (Phi) is 9.46. The maximum atomic E-state index is 10.4. The highest BCUT2D eigenvalue weighted by Gasteiger charge is 2.30. The number of rotatable bonds is 7. The van der Waals surface area contributed by atoms with Crippen LogP contribution in [-0.4, -0.2) is 36.3 Å². The van der Waals surface area contributed by atoms with Gasteiger partial charge in [0.05, 0.1) is 12.1 Å². The van der Waals surface area contributed by atoms with E-state index in [4.69, 9.17) is 0 Å². The molecule has 0 aliphatic heterocycles. The van der Waals surface area contributed by atoms with E-state index in [1.54, 1.807) is 0 Å². The molecule has 0 radical (unpaired) electrons. The maximum Gasteiger partial charge on any atom is 0.191 e. The number of nitrogens with zero attached hydrogens (tertiary/aromatic N) is 1. The summed E-state index contributed by atoms with van der Waals surface area (Å²) < 4.78 is 0. The molecule has 6 heteroatoms. The van der Waals surface area contributed by atoms with Crippen molar-refractivity contribution in [1.82, 2.24) is 10.6 Å². The molecule has 1 aromatic rings. The van der Waals surface area contributed by atoms with Gasteiger partial charge < -0.3 is 15.7 Å². The molecule has 1 unspecified atom stereocenters. The summed E-state index contributed by atoms with van der Waals surface area (Å²) in [7, 11) is 0. The van der Waals surface area contributed by atoms with Crippen LogP contribution in [0, 0.1) is 5.92 Å². The van der Waals surface area contributed by atoms with E-state index in [1.165, 1.54) is 4.88 Å². The summed E-state index contributed by atoms with van der Waals surface area (Å²) in [5, 5.41) is 19.2. The molecule has 1 aliphatic rings. The van der Waals surface area contributed by atoms with Crippen molar-refractivity contribution in [2.24, 2.45) is 10.9 Å². The number of hydrogen-bond donors (Lipinski definition) is 3. The highest BCUT2D eigenvalue weighted by molar-refractivity contribution is 14.0. The minimum absolute atomic E-state index is 0. The smallest absolute Gasteiger partial charge is 0.191 e. The summed E-state index contributed by atoms with van der Waals surface area (Å²) in [5.74, 6) is 1.37. The molecule has 1 atom stereocenters. The zero-order chi connectivity index (χ0) is 15.8. The lowest BCUT2D eigenvalue weighted by Gasteiger charge is -2.21. The van der Waals surface area contributed by atoms with Crippen LogP contribution >= 0.6 is 35.3 Å². The SMILES string of the molecule is CCNC(=NCC1(O)CCCC1)NCC(C)Cc1cccs1.I. The number of nitrogens with one attached hydrogen (secondary N) is 2. The predicted molar refractivity (Wildman–Crippen MR) is 110 cm³/mol. The Morgan fingerprint density at radius 3 is 2.74 bits per heavy atom. The third-order valence-electron chi connectivity index (χ3n) is 4.16. The van der Waals surface area contributed by atoms with Crippen molar-refractivity contribution in [1.29, 1.82) is 0 Å².